The number of carboxylic acids is 1. The molecular formula is C22H17Cl2N3O5S. The Balaban J connectivity index is 1.60. The third kappa shape index (κ3) is 3.42. The van der Waals surface area contributed by atoms with E-state index in [9.17, 15) is 24.3 Å². The smallest absolute Gasteiger partial charge is 0.331 e. The Bertz CT molecular complexity index is 1420. The molecular weight excluding hydrogens is 489 g/mol. The van der Waals surface area contributed by atoms with Crippen molar-refractivity contribution in [2.45, 2.75) is 18.9 Å². The van der Waals surface area contributed by atoms with Crippen LogP contribution in [0.5, 0.6) is 0 Å². The van der Waals surface area contributed by atoms with Gasteiger partial charge in [-0.2, -0.15) is 0 Å². The molecule has 0 spiro atoms. The molecule has 1 fully saturated rings. The van der Waals surface area contributed by atoms with Crippen molar-refractivity contribution in [2.75, 3.05) is 11.4 Å². The number of urea groups is 1. The Labute approximate surface area is 201 Å². The third-order valence-corrected chi connectivity index (χ3v) is 7.81. The van der Waals surface area contributed by atoms with Gasteiger partial charge in [0.15, 0.2) is 5.92 Å². The number of aliphatic carboxylic acids is 1. The van der Waals surface area contributed by atoms with Crippen molar-refractivity contribution < 1.29 is 19.5 Å². The van der Waals surface area contributed by atoms with Crippen molar-refractivity contribution in [2.24, 2.45) is 13.0 Å². The number of anilines is 1. The molecule has 1 N–H and O–H groups in total. The van der Waals surface area contributed by atoms with Crippen LogP contribution in [0.2, 0.25) is 10.0 Å². The lowest BCUT2D eigenvalue weighted by atomic mass is 10.00. The number of imide groups is 1. The Morgan fingerprint density at radius 3 is 2.64 bits per heavy atom. The zero-order chi connectivity index (χ0) is 23.6. The molecule has 2 heterocycles. The molecule has 1 saturated heterocycles. The molecule has 8 nitrogen and oxygen atoms in total. The Kier molecular flexibility index (Phi) is 5.23. The number of rotatable bonds is 3. The van der Waals surface area contributed by atoms with Gasteiger partial charge in [-0.1, -0.05) is 34.5 Å². The van der Waals surface area contributed by atoms with Gasteiger partial charge in [-0.3, -0.25) is 24.2 Å². The van der Waals surface area contributed by atoms with Gasteiger partial charge in [0.1, 0.15) is 0 Å². The summed E-state index contributed by atoms with van der Waals surface area (Å²) in [6.45, 7) is -0.299. The number of halogens is 2. The summed E-state index contributed by atoms with van der Waals surface area (Å²) in [5.41, 5.74) is 2.57. The van der Waals surface area contributed by atoms with E-state index in [1.807, 2.05) is 0 Å². The highest BCUT2D eigenvalue weighted by Gasteiger charge is 2.48. The van der Waals surface area contributed by atoms with E-state index in [1.54, 1.807) is 37.4 Å². The lowest BCUT2D eigenvalue weighted by Crippen LogP contribution is -2.59. The second-order valence-corrected chi connectivity index (χ2v) is 9.92. The monoisotopic (exact) mass is 505 g/mol. The van der Waals surface area contributed by atoms with Crippen molar-refractivity contribution in [1.29, 1.82) is 0 Å². The van der Waals surface area contributed by atoms with E-state index in [0.29, 0.717) is 44.4 Å². The Hall–Kier alpha value is -2.88. The Morgan fingerprint density at radius 2 is 1.91 bits per heavy atom. The van der Waals surface area contributed by atoms with Crippen LogP contribution in [0.15, 0.2) is 35.1 Å². The van der Waals surface area contributed by atoms with Gasteiger partial charge in [0.25, 0.3) is 0 Å². The average Bonchev–Trinajstić information content (AvgIpc) is 3.29. The molecule has 1 aromatic heterocycles. The van der Waals surface area contributed by atoms with Crippen LogP contribution in [0.3, 0.4) is 0 Å². The van der Waals surface area contributed by atoms with Gasteiger partial charge in [-0.05, 0) is 54.3 Å². The van der Waals surface area contributed by atoms with Gasteiger partial charge in [-0.25, -0.2) is 4.79 Å². The highest BCUT2D eigenvalue weighted by atomic mass is 35.5. The summed E-state index contributed by atoms with van der Waals surface area (Å²) in [6, 6.07) is 7.02. The van der Waals surface area contributed by atoms with Crippen LogP contribution in [0.1, 0.15) is 23.6 Å². The van der Waals surface area contributed by atoms with Gasteiger partial charge in [0.05, 0.1) is 16.3 Å². The first-order chi connectivity index (χ1) is 15.7. The number of carbonyl (C=O) groups excluding carboxylic acids is 2. The molecule has 1 aliphatic heterocycles. The highest BCUT2D eigenvalue weighted by Crippen LogP contribution is 2.43. The minimum Gasteiger partial charge on any atom is -0.481 e. The molecule has 3 amide bonds. The van der Waals surface area contributed by atoms with E-state index in [1.165, 1.54) is 9.47 Å². The van der Waals surface area contributed by atoms with Crippen LogP contribution < -0.4 is 9.77 Å². The summed E-state index contributed by atoms with van der Waals surface area (Å²) >= 11 is 13.5. The second-order valence-electron chi connectivity index (χ2n) is 8.08. The number of hydrogen-bond acceptors (Lipinski definition) is 5. The molecule has 2 aliphatic rings. The molecule has 2 unspecified atom stereocenters. The SMILES string of the molecule is Cn1c(=O)sc2cc(N3CC(C(=O)O)C(=O)N(C4CCc5c(Cl)cc(Cl)cc54)C3=O)ccc21. The lowest BCUT2D eigenvalue weighted by molar-refractivity contribution is -0.151. The topological polar surface area (TPSA) is 99.9 Å². The minimum atomic E-state index is -1.42. The van der Waals surface area contributed by atoms with Crippen LogP contribution >= 0.6 is 34.5 Å². The van der Waals surface area contributed by atoms with Crippen molar-refractivity contribution in [1.82, 2.24) is 9.47 Å². The van der Waals surface area contributed by atoms with Gasteiger partial charge < -0.3 is 9.67 Å². The minimum absolute atomic E-state index is 0.149. The predicted octanol–water partition coefficient (Wildman–Crippen LogP) is 4.06. The van der Waals surface area contributed by atoms with Crippen LogP contribution in [-0.4, -0.2) is 39.0 Å². The third-order valence-electron chi connectivity index (χ3n) is 6.26. The number of amides is 3. The lowest BCUT2D eigenvalue weighted by Gasteiger charge is -2.40. The fourth-order valence-corrected chi connectivity index (χ4v) is 6.11. The summed E-state index contributed by atoms with van der Waals surface area (Å²) in [5, 5.41) is 10.6. The number of aromatic nitrogens is 1. The van der Waals surface area contributed by atoms with Crippen LogP contribution in [-0.2, 0) is 23.1 Å². The molecule has 2 atom stereocenters. The van der Waals surface area contributed by atoms with Gasteiger partial charge in [0, 0.05) is 29.3 Å². The number of thiazole rings is 1. The maximum absolute atomic E-state index is 13.6. The average molecular weight is 506 g/mol. The first-order valence-electron chi connectivity index (χ1n) is 10.1. The van der Waals surface area contributed by atoms with E-state index < -0.39 is 29.9 Å². The fourth-order valence-electron chi connectivity index (χ4n) is 4.60. The fraction of sp³-hybridized carbons (Fsp3) is 0.273. The maximum atomic E-state index is 13.6. The van der Waals surface area contributed by atoms with Crippen molar-refractivity contribution >= 4 is 68.4 Å². The van der Waals surface area contributed by atoms with Crippen molar-refractivity contribution in [3.05, 3.63) is 61.2 Å². The quantitative estimate of drug-likeness (QED) is 0.540. The number of nitrogens with zero attached hydrogens (tertiary/aromatic N) is 3. The van der Waals surface area contributed by atoms with E-state index >= 15 is 0 Å². The highest BCUT2D eigenvalue weighted by molar-refractivity contribution is 7.16. The molecule has 33 heavy (non-hydrogen) atoms. The predicted molar refractivity (Wildman–Crippen MR) is 125 cm³/mol. The second kappa shape index (κ2) is 7.86. The molecule has 5 rings (SSSR count). The number of carbonyl (C=O) groups is 3. The van der Waals surface area contributed by atoms with E-state index in [4.69, 9.17) is 23.2 Å². The summed E-state index contributed by atoms with van der Waals surface area (Å²) in [5.74, 6) is -3.50. The molecule has 11 heteroatoms. The van der Waals surface area contributed by atoms with E-state index in [2.05, 4.69) is 0 Å². The van der Waals surface area contributed by atoms with Gasteiger partial charge >= 0.3 is 16.9 Å². The summed E-state index contributed by atoms with van der Waals surface area (Å²) < 4.78 is 2.16. The molecule has 3 aromatic rings. The molecule has 2 aromatic carbocycles. The number of aryl methyl sites for hydroxylation is 1. The standard InChI is InChI=1S/C22H17Cl2N3O5S/c1-25-17-4-2-11(8-18(17)33-22(25)32)26-9-14(20(29)30)19(28)27(21(26)31)16-5-3-12-13(16)6-10(23)7-15(12)24/h2,4,6-8,14,16H,3,5,9H2,1H3,(H,29,30). The van der Waals surface area contributed by atoms with E-state index in [0.717, 1.165) is 21.8 Å². The first kappa shape index (κ1) is 21.9. The number of benzene rings is 2. The number of hydrogen-bond donors (Lipinski definition) is 1. The summed E-state index contributed by atoms with van der Waals surface area (Å²) in [6.07, 6.45) is 0.959. The van der Waals surface area contributed by atoms with Crippen LogP contribution in [0.4, 0.5) is 10.5 Å². The van der Waals surface area contributed by atoms with Crippen molar-refractivity contribution in [3.8, 4) is 0 Å². The normalized spacial score (nSPS) is 20.6. The Morgan fingerprint density at radius 1 is 1.15 bits per heavy atom. The van der Waals surface area contributed by atoms with E-state index in [-0.39, 0.29) is 11.4 Å². The zero-order valence-corrected chi connectivity index (χ0v) is 19.6. The maximum Gasteiger partial charge on any atom is 0.331 e. The zero-order valence-electron chi connectivity index (χ0n) is 17.2. The largest absolute Gasteiger partial charge is 0.481 e. The van der Waals surface area contributed by atoms with Crippen LogP contribution in [0.25, 0.3) is 10.2 Å². The van der Waals surface area contributed by atoms with Gasteiger partial charge in [-0.15, -0.1) is 0 Å². The number of carboxylic acid groups (broad SMARTS) is 1. The molecule has 170 valence electrons. The molecule has 0 bridgehead atoms. The summed E-state index contributed by atoms with van der Waals surface area (Å²) in [4.78, 5) is 52.9. The molecule has 0 radical (unpaired) electrons. The van der Waals surface area contributed by atoms with Crippen LogP contribution in [0, 0.1) is 5.92 Å². The first-order valence-corrected chi connectivity index (χ1v) is 11.7. The van der Waals surface area contributed by atoms with Gasteiger partial charge in [0.2, 0.25) is 5.91 Å². The summed E-state index contributed by atoms with van der Waals surface area (Å²) in [7, 11) is 1.65. The molecule has 1 aliphatic carbocycles. The number of fused-ring (bicyclic) bond motifs is 2. The van der Waals surface area contributed by atoms with Crippen molar-refractivity contribution in [3.63, 3.8) is 0 Å². The molecule has 0 saturated carbocycles.